The first-order valence-electron chi connectivity index (χ1n) is 5.02. The van der Waals surface area contributed by atoms with Gasteiger partial charge in [-0.3, -0.25) is 0 Å². The third kappa shape index (κ3) is 3.86. The predicted molar refractivity (Wildman–Crippen MR) is 71.4 cm³/mol. The van der Waals surface area contributed by atoms with Gasteiger partial charge in [-0.05, 0) is 39.3 Å². The standard InChI is InChI=1S/C6H22N4Si4/c1-12(2)7-11-8-13(3,4)10-14(5,6)9-12/h7,9-11H,1-6H3. The van der Waals surface area contributed by atoms with Gasteiger partial charge in [-0.1, -0.05) is 0 Å². The van der Waals surface area contributed by atoms with Crippen LogP contribution in [-0.4, -0.2) is 34.7 Å². The Labute approximate surface area is 92.4 Å². The molecule has 0 bridgehead atoms. The molecule has 0 aromatic carbocycles. The minimum atomic E-state index is -1.50. The molecule has 0 unspecified atom stereocenters. The van der Waals surface area contributed by atoms with E-state index in [0.717, 1.165) is 0 Å². The fraction of sp³-hybridized carbons (Fsp3) is 1.00. The monoisotopic (exact) mass is 262 g/mol. The summed E-state index contributed by atoms with van der Waals surface area (Å²) in [6.07, 6.45) is 0. The zero-order valence-electron chi connectivity index (χ0n) is 10.0. The molecule has 3 N–H and O–H groups in total. The second kappa shape index (κ2) is 3.76. The van der Waals surface area contributed by atoms with E-state index in [2.05, 4.69) is 53.2 Å². The first kappa shape index (κ1) is 12.5. The van der Waals surface area contributed by atoms with Crippen LogP contribution in [0.2, 0.25) is 39.3 Å². The molecule has 0 atom stereocenters. The Balaban J connectivity index is 2.90. The maximum absolute atomic E-state index is 4.84. The van der Waals surface area contributed by atoms with Crippen LogP contribution in [0, 0.1) is 0 Å². The van der Waals surface area contributed by atoms with Crippen molar-refractivity contribution in [3.63, 3.8) is 0 Å². The summed E-state index contributed by atoms with van der Waals surface area (Å²) < 4.78 is 16.1. The Kier molecular flexibility index (Phi) is 3.34. The lowest BCUT2D eigenvalue weighted by Crippen LogP contribution is -2.76. The van der Waals surface area contributed by atoms with Crippen molar-refractivity contribution >= 4 is 34.7 Å². The van der Waals surface area contributed by atoms with E-state index >= 15 is 0 Å². The van der Waals surface area contributed by atoms with Crippen LogP contribution in [0.15, 0.2) is 4.30 Å². The van der Waals surface area contributed by atoms with Crippen molar-refractivity contribution in [1.82, 2.24) is 13.9 Å². The molecule has 0 amide bonds. The van der Waals surface area contributed by atoms with Crippen molar-refractivity contribution in [2.45, 2.75) is 39.3 Å². The van der Waals surface area contributed by atoms with Gasteiger partial charge in [-0.25, -0.2) is 0 Å². The number of rotatable bonds is 0. The van der Waals surface area contributed by atoms with E-state index in [1.807, 2.05) is 0 Å². The summed E-state index contributed by atoms with van der Waals surface area (Å²) in [5.41, 5.74) is 0. The van der Waals surface area contributed by atoms with Crippen molar-refractivity contribution < 1.29 is 0 Å². The molecule has 0 saturated carbocycles. The van der Waals surface area contributed by atoms with Crippen LogP contribution in [0.3, 0.4) is 0 Å². The quantitative estimate of drug-likeness (QED) is 0.554. The van der Waals surface area contributed by atoms with Crippen LogP contribution in [0.4, 0.5) is 0 Å². The van der Waals surface area contributed by atoms with E-state index in [4.69, 9.17) is 4.30 Å². The molecule has 0 aromatic rings. The van der Waals surface area contributed by atoms with Crippen molar-refractivity contribution in [1.29, 1.82) is 0 Å². The van der Waals surface area contributed by atoms with E-state index in [1.54, 1.807) is 0 Å². The van der Waals surface area contributed by atoms with Crippen molar-refractivity contribution in [2.75, 3.05) is 0 Å². The Morgan fingerprint density at radius 1 is 0.857 bits per heavy atom. The summed E-state index contributed by atoms with van der Waals surface area (Å²) in [6.45, 7) is 13.9. The van der Waals surface area contributed by atoms with Crippen molar-refractivity contribution in [3.8, 4) is 0 Å². The number of hydrogen-bond donors (Lipinski definition) is 3. The molecule has 0 aromatic heterocycles. The molecular weight excluding hydrogens is 240 g/mol. The largest absolute Gasteiger partial charge is 0.425 e. The minimum Gasteiger partial charge on any atom is -0.425 e. The lowest BCUT2D eigenvalue weighted by atomic mass is 11.9. The normalized spacial score (nSPS) is 28.7. The van der Waals surface area contributed by atoms with Gasteiger partial charge in [0.25, 0.3) is 0 Å². The van der Waals surface area contributed by atoms with Gasteiger partial charge in [0.05, 0.1) is 0 Å². The van der Waals surface area contributed by atoms with Crippen LogP contribution in [-0.2, 0) is 0 Å². The van der Waals surface area contributed by atoms with Gasteiger partial charge in [0.15, 0.2) is 8.40 Å². The van der Waals surface area contributed by atoms with Gasteiger partial charge < -0.3 is 18.2 Å². The van der Waals surface area contributed by atoms with E-state index < -0.39 is 25.2 Å². The number of nitrogens with zero attached hydrogens (tertiary/aromatic N) is 1. The molecule has 0 saturated heterocycles. The average molecular weight is 263 g/mol. The van der Waals surface area contributed by atoms with Crippen LogP contribution >= 0.6 is 0 Å². The molecule has 4 nitrogen and oxygen atoms in total. The SMILES string of the molecule is C[Si]1(C)N=[SiH]N[Si](C)(C)N[Si](C)(C)N1. The van der Waals surface area contributed by atoms with Crippen molar-refractivity contribution in [3.05, 3.63) is 0 Å². The molecule has 0 fully saturated rings. The molecule has 1 aliphatic rings. The zero-order chi connectivity index (χ0) is 11.0. The second-order valence-corrected chi connectivity index (χ2v) is 19.5. The molecule has 0 spiro atoms. The summed E-state index contributed by atoms with van der Waals surface area (Å²) in [5.74, 6) is 0. The van der Waals surface area contributed by atoms with Gasteiger partial charge >= 0.3 is 0 Å². The fourth-order valence-corrected chi connectivity index (χ4v) is 20.4. The maximum Gasteiger partial charge on any atom is 0.231 e. The zero-order valence-corrected chi connectivity index (χ0v) is 14.2. The lowest BCUT2D eigenvalue weighted by Gasteiger charge is -2.40. The molecule has 1 aliphatic heterocycles. The Bertz CT molecular complexity index is 250. The highest BCUT2D eigenvalue weighted by Gasteiger charge is 2.37. The summed E-state index contributed by atoms with van der Waals surface area (Å²) in [7, 11) is -4.29. The topological polar surface area (TPSA) is 48.5 Å². The highest BCUT2D eigenvalue weighted by atomic mass is 28.5. The van der Waals surface area contributed by atoms with Gasteiger partial charge in [-0.15, -0.1) is 0 Å². The molecule has 0 aliphatic carbocycles. The third-order valence-electron chi connectivity index (χ3n) is 2.06. The predicted octanol–water partition coefficient (Wildman–Crippen LogP) is 0.409. The van der Waals surface area contributed by atoms with E-state index in [-0.39, 0.29) is 9.47 Å². The molecule has 0 radical (unpaired) electrons. The minimum absolute atomic E-state index is 0.0775. The van der Waals surface area contributed by atoms with Gasteiger partial charge in [0.2, 0.25) is 26.3 Å². The third-order valence-corrected chi connectivity index (χ3v) is 18.5. The van der Waals surface area contributed by atoms with Crippen LogP contribution in [0.1, 0.15) is 0 Å². The lowest BCUT2D eigenvalue weighted by molar-refractivity contribution is 1.12. The summed E-state index contributed by atoms with van der Waals surface area (Å²) in [6, 6.07) is 0. The molecule has 8 heteroatoms. The van der Waals surface area contributed by atoms with Crippen LogP contribution in [0.5, 0.6) is 0 Å². The smallest absolute Gasteiger partial charge is 0.231 e. The highest BCUT2D eigenvalue weighted by molar-refractivity contribution is 6.98. The Morgan fingerprint density at radius 3 is 2.00 bits per heavy atom. The van der Waals surface area contributed by atoms with Gasteiger partial charge in [0.1, 0.15) is 0 Å². The molecule has 1 heterocycles. The Hall–Kier alpha value is 0.388. The Morgan fingerprint density at radius 2 is 1.43 bits per heavy atom. The molecule has 1 rings (SSSR count). The molecule has 14 heavy (non-hydrogen) atoms. The van der Waals surface area contributed by atoms with Crippen molar-refractivity contribution in [2.24, 2.45) is 4.30 Å². The number of nitrogens with one attached hydrogen (secondary N) is 3. The van der Waals surface area contributed by atoms with Crippen LogP contribution < -0.4 is 13.9 Å². The highest BCUT2D eigenvalue weighted by Crippen LogP contribution is 2.08. The van der Waals surface area contributed by atoms with Gasteiger partial charge in [-0.2, -0.15) is 0 Å². The summed E-state index contributed by atoms with van der Waals surface area (Å²) in [4.78, 5) is 0. The molecular formula is C6H22N4Si4. The first-order valence-corrected chi connectivity index (χ1v) is 15.1. The van der Waals surface area contributed by atoms with E-state index in [1.165, 1.54) is 0 Å². The summed E-state index contributed by atoms with van der Waals surface area (Å²) >= 11 is 0. The van der Waals surface area contributed by atoms with E-state index in [0.29, 0.717) is 0 Å². The van der Waals surface area contributed by atoms with Gasteiger partial charge in [0, 0.05) is 0 Å². The fourth-order valence-electron chi connectivity index (χ4n) is 2.00. The first-order chi connectivity index (χ1) is 6.12. The van der Waals surface area contributed by atoms with Crippen LogP contribution in [0.25, 0.3) is 0 Å². The average Bonchev–Trinajstić information content (AvgIpc) is 1.75. The number of hydrogen-bond acceptors (Lipinski definition) is 4. The van der Waals surface area contributed by atoms with E-state index in [9.17, 15) is 0 Å². The summed E-state index contributed by atoms with van der Waals surface area (Å²) in [5, 5.41) is 0. The maximum atomic E-state index is 4.84. The molecule has 82 valence electrons. The second-order valence-electron chi connectivity index (χ2n) is 5.46.